The van der Waals surface area contributed by atoms with Crippen LogP contribution in [0.2, 0.25) is 0 Å². The zero-order chi connectivity index (χ0) is 9.68. The Morgan fingerprint density at radius 3 is 3.00 bits per heavy atom. The highest BCUT2D eigenvalue weighted by atomic mass is 35.5. The molecule has 0 amide bonds. The Morgan fingerprint density at radius 2 is 2.38 bits per heavy atom. The van der Waals surface area contributed by atoms with Crippen molar-refractivity contribution in [3.8, 4) is 0 Å². The average Bonchev–Trinajstić information content (AvgIpc) is 2.15. The van der Waals surface area contributed by atoms with Crippen molar-refractivity contribution in [2.75, 3.05) is 5.88 Å². The molecule has 1 aromatic heterocycles. The van der Waals surface area contributed by atoms with Crippen molar-refractivity contribution in [2.45, 2.75) is 20.3 Å². The van der Waals surface area contributed by atoms with Gasteiger partial charge >= 0.3 is 0 Å². The molecule has 0 atom stereocenters. The Bertz CT molecular complexity index is 305. The molecule has 0 fully saturated rings. The molecule has 0 saturated heterocycles. The van der Waals surface area contributed by atoms with Crippen LogP contribution in [-0.4, -0.2) is 10.9 Å². The van der Waals surface area contributed by atoms with Gasteiger partial charge in [0.15, 0.2) is 0 Å². The van der Waals surface area contributed by atoms with Gasteiger partial charge in [-0.05, 0) is 43.0 Å². The van der Waals surface area contributed by atoms with Gasteiger partial charge in [0.25, 0.3) is 0 Å². The molecule has 0 saturated carbocycles. The quantitative estimate of drug-likeness (QED) is 0.674. The molecule has 0 N–H and O–H groups in total. The fourth-order valence-electron chi connectivity index (χ4n) is 1.26. The van der Waals surface area contributed by atoms with Crippen LogP contribution in [0.5, 0.6) is 0 Å². The summed E-state index contributed by atoms with van der Waals surface area (Å²) < 4.78 is 0. The summed E-state index contributed by atoms with van der Waals surface area (Å²) in [7, 11) is 0. The van der Waals surface area contributed by atoms with Crippen molar-refractivity contribution in [1.82, 2.24) is 4.98 Å². The van der Waals surface area contributed by atoms with E-state index in [9.17, 15) is 0 Å². The van der Waals surface area contributed by atoms with Gasteiger partial charge in [-0.15, -0.1) is 11.6 Å². The summed E-state index contributed by atoms with van der Waals surface area (Å²) in [5.74, 6) is 0.677. The second-order valence-electron chi connectivity index (χ2n) is 3.06. The minimum atomic E-state index is 0.677. The topological polar surface area (TPSA) is 12.9 Å². The summed E-state index contributed by atoms with van der Waals surface area (Å²) in [5.41, 5.74) is 3.73. The van der Waals surface area contributed by atoms with Crippen LogP contribution < -0.4 is 0 Å². The lowest BCUT2D eigenvalue weighted by Gasteiger charge is -2.04. The fraction of sp³-hybridized carbons (Fsp3) is 0.364. The number of alkyl halides is 1. The molecule has 0 bridgehead atoms. The van der Waals surface area contributed by atoms with Gasteiger partial charge in [-0.2, -0.15) is 0 Å². The van der Waals surface area contributed by atoms with Gasteiger partial charge in [0.1, 0.15) is 0 Å². The Morgan fingerprint density at radius 1 is 1.62 bits per heavy atom. The molecule has 70 valence electrons. The van der Waals surface area contributed by atoms with E-state index < -0.39 is 0 Å². The first-order valence-corrected chi connectivity index (χ1v) is 4.93. The smallest absolute Gasteiger partial charge is 0.0345 e. The molecule has 1 heterocycles. The van der Waals surface area contributed by atoms with Crippen molar-refractivity contribution in [3.63, 3.8) is 0 Å². The van der Waals surface area contributed by atoms with Gasteiger partial charge < -0.3 is 0 Å². The fourth-order valence-corrected chi connectivity index (χ4v) is 1.37. The van der Waals surface area contributed by atoms with E-state index in [0.29, 0.717) is 5.88 Å². The lowest BCUT2D eigenvalue weighted by atomic mass is 10.0. The largest absolute Gasteiger partial charge is 0.264 e. The van der Waals surface area contributed by atoms with Gasteiger partial charge in [0.2, 0.25) is 0 Å². The van der Waals surface area contributed by atoms with E-state index >= 15 is 0 Å². The molecule has 1 nitrogen and oxygen atoms in total. The predicted octanol–water partition coefficient (Wildman–Crippen LogP) is 3.42. The first-order chi connectivity index (χ1) is 6.25. The third-order valence-corrected chi connectivity index (χ3v) is 2.24. The molecule has 0 aliphatic carbocycles. The molecule has 0 unspecified atom stereocenters. The maximum absolute atomic E-state index is 5.61. The van der Waals surface area contributed by atoms with Crippen LogP contribution in [0.15, 0.2) is 24.5 Å². The van der Waals surface area contributed by atoms with E-state index in [-0.39, 0.29) is 0 Å². The summed E-state index contributed by atoms with van der Waals surface area (Å²) in [6.07, 6.45) is 6.78. The second-order valence-corrected chi connectivity index (χ2v) is 3.43. The number of halogens is 1. The van der Waals surface area contributed by atoms with Crippen LogP contribution in [0.3, 0.4) is 0 Å². The summed E-state index contributed by atoms with van der Waals surface area (Å²) >= 11 is 5.61. The molecular formula is C11H14ClN. The number of allylic oxidation sites excluding steroid dienone is 2. The van der Waals surface area contributed by atoms with Crippen molar-refractivity contribution in [2.24, 2.45) is 0 Å². The Balaban J connectivity index is 2.88. The van der Waals surface area contributed by atoms with Crippen LogP contribution in [0, 0.1) is 6.92 Å². The van der Waals surface area contributed by atoms with Gasteiger partial charge in [-0.3, -0.25) is 4.98 Å². The lowest BCUT2D eigenvalue weighted by molar-refractivity contribution is 1.21. The number of hydrogen-bond acceptors (Lipinski definition) is 1. The third-order valence-electron chi connectivity index (χ3n) is 2.02. The van der Waals surface area contributed by atoms with E-state index in [1.807, 2.05) is 18.5 Å². The molecule has 0 spiro atoms. The van der Waals surface area contributed by atoms with E-state index in [2.05, 4.69) is 24.9 Å². The highest BCUT2D eigenvalue weighted by Gasteiger charge is 1.98. The van der Waals surface area contributed by atoms with Crippen molar-refractivity contribution in [3.05, 3.63) is 35.7 Å². The Hall–Kier alpha value is -0.820. The van der Waals surface area contributed by atoms with Gasteiger partial charge in [0.05, 0.1) is 0 Å². The van der Waals surface area contributed by atoms with Crippen LogP contribution in [0.1, 0.15) is 24.5 Å². The van der Waals surface area contributed by atoms with Crippen molar-refractivity contribution < 1.29 is 0 Å². The molecular weight excluding hydrogens is 182 g/mol. The monoisotopic (exact) mass is 195 g/mol. The highest BCUT2D eigenvalue weighted by molar-refractivity contribution is 6.17. The standard InChI is InChI=1S/C11H14ClN/c1-9(4-3-6-12)11-8-13-7-5-10(11)2/h4-5,7-8H,3,6H2,1-2H3. The summed E-state index contributed by atoms with van der Waals surface area (Å²) in [4.78, 5) is 4.10. The van der Waals surface area contributed by atoms with Crippen molar-refractivity contribution in [1.29, 1.82) is 0 Å². The number of aromatic nitrogens is 1. The first kappa shape index (κ1) is 10.3. The van der Waals surface area contributed by atoms with Crippen molar-refractivity contribution >= 4 is 17.2 Å². The van der Waals surface area contributed by atoms with E-state index in [4.69, 9.17) is 11.6 Å². The summed E-state index contributed by atoms with van der Waals surface area (Å²) in [5, 5.41) is 0. The normalized spacial score (nSPS) is 11.8. The van der Waals surface area contributed by atoms with Gasteiger partial charge in [0, 0.05) is 18.3 Å². The number of rotatable bonds is 3. The maximum Gasteiger partial charge on any atom is 0.0345 e. The van der Waals surface area contributed by atoms with E-state index in [1.165, 1.54) is 16.7 Å². The first-order valence-electron chi connectivity index (χ1n) is 4.39. The lowest BCUT2D eigenvalue weighted by Crippen LogP contribution is -1.87. The Kier molecular flexibility index (Phi) is 3.97. The third kappa shape index (κ3) is 2.85. The molecule has 2 heteroatoms. The predicted molar refractivity (Wildman–Crippen MR) is 58.0 cm³/mol. The molecule has 0 aliphatic heterocycles. The average molecular weight is 196 g/mol. The minimum Gasteiger partial charge on any atom is -0.264 e. The number of pyridine rings is 1. The molecule has 1 rings (SSSR count). The van der Waals surface area contributed by atoms with E-state index in [0.717, 1.165) is 6.42 Å². The summed E-state index contributed by atoms with van der Waals surface area (Å²) in [6.45, 7) is 4.19. The zero-order valence-corrected chi connectivity index (χ0v) is 8.80. The molecule has 0 radical (unpaired) electrons. The number of nitrogens with zero attached hydrogens (tertiary/aromatic N) is 1. The van der Waals surface area contributed by atoms with Crippen LogP contribution in [0.25, 0.3) is 5.57 Å². The van der Waals surface area contributed by atoms with E-state index in [1.54, 1.807) is 0 Å². The van der Waals surface area contributed by atoms with Crippen LogP contribution in [-0.2, 0) is 0 Å². The second kappa shape index (κ2) is 5.03. The Labute approximate surface area is 84.5 Å². The summed E-state index contributed by atoms with van der Waals surface area (Å²) in [6, 6.07) is 2.02. The minimum absolute atomic E-state index is 0.677. The molecule has 1 aromatic rings. The number of hydrogen-bond donors (Lipinski definition) is 0. The SMILES string of the molecule is CC(=CCCCl)c1cnccc1C. The molecule has 0 aromatic carbocycles. The number of aryl methyl sites for hydroxylation is 1. The van der Waals surface area contributed by atoms with Crippen LogP contribution >= 0.6 is 11.6 Å². The van der Waals surface area contributed by atoms with Gasteiger partial charge in [-0.25, -0.2) is 0 Å². The maximum atomic E-state index is 5.61. The van der Waals surface area contributed by atoms with Crippen LogP contribution in [0.4, 0.5) is 0 Å². The highest BCUT2D eigenvalue weighted by Crippen LogP contribution is 2.17. The molecule has 13 heavy (non-hydrogen) atoms. The zero-order valence-electron chi connectivity index (χ0n) is 8.05. The molecule has 0 aliphatic rings. The van der Waals surface area contributed by atoms with Gasteiger partial charge in [-0.1, -0.05) is 6.08 Å².